The number of nitrogen functional groups attached to an aromatic ring is 1. The number of ether oxygens (including phenoxy) is 1. The Balaban J connectivity index is 1.75. The maximum atomic E-state index is 13.5. The molecule has 2 aromatic heterocycles. The molecule has 9 heteroatoms. The average molecular weight is 440 g/mol. The third-order valence-corrected chi connectivity index (χ3v) is 4.85. The van der Waals surface area contributed by atoms with Crippen LogP contribution in [-0.4, -0.2) is 21.7 Å². The van der Waals surface area contributed by atoms with E-state index in [1.807, 2.05) is 6.92 Å². The van der Waals surface area contributed by atoms with E-state index in [4.69, 9.17) is 15.0 Å². The van der Waals surface area contributed by atoms with E-state index in [0.29, 0.717) is 28.3 Å². The van der Waals surface area contributed by atoms with Gasteiger partial charge in [0.05, 0.1) is 12.2 Å². The standard InChI is InChI=1S/C23H19F3N4O2/c1-3-31-19-11-14(8-9-17(19)16-6-4-5-7-18(16)23(24,25)26)22-29-21(30-32-22)15-10-13(2)20(27)28-12-15/h4-12H,3H2,1-2H3,(H2,27,28). The van der Waals surface area contributed by atoms with Gasteiger partial charge in [0.1, 0.15) is 11.6 Å². The van der Waals surface area contributed by atoms with Crippen LogP contribution in [0.4, 0.5) is 19.0 Å². The van der Waals surface area contributed by atoms with Crippen molar-refractivity contribution in [3.63, 3.8) is 0 Å². The van der Waals surface area contributed by atoms with Gasteiger partial charge in [0.25, 0.3) is 5.89 Å². The Bertz CT molecular complexity index is 1270. The van der Waals surface area contributed by atoms with Crippen molar-refractivity contribution in [3.05, 3.63) is 65.9 Å². The molecule has 0 saturated heterocycles. The summed E-state index contributed by atoms with van der Waals surface area (Å²) in [5.41, 5.74) is 7.29. The molecule has 2 aromatic carbocycles. The highest BCUT2D eigenvalue weighted by Gasteiger charge is 2.34. The summed E-state index contributed by atoms with van der Waals surface area (Å²) in [6.07, 6.45) is -2.95. The van der Waals surface area contributed by atoms with Gasteiger partial charge < -0.3 is 15.0 Å². The van der Waals surface area contributed by atoms with E-state index in [0.717, 1.165) is 11.6 Å². The Kier molecular flexibility index (Phi) is 5.56. The molecule has 32 heavy (non-hydrogen) atoms. The largest absolute Gasteiger partial charge is 0.493 e. The minimum atomic E-state index is -4.49. The lowest BCUT2D eigenvalue weighted by Crippen LogP contribution is -2.07. The lowest BCUT2D eigenvalue weighted by molar-refractivity contribution is -0.137. The number of aromatic nitrogens is 3. The van der Waals surface area contributed by atoms with Crippen LogP contribution in [0.3, 0.4) is 0 Å². The van der Waals surface area contributed by atoms with Gasteiger partial charge >= 0.3 is 6.18 Å². The second-order valence-electron chi connectivity index (χ2n) is 7.04. The Morgan fingerprint density at radius 3 is 2.53 bits per heavy atom. The smallest absolute Gasteiger partial charge is 0.417 e. The van der Waals surface area contributed by atoms with E-state index in [9.17, 15) is 13.2 Å². The molecule has 0 amide bonds. The van der Waals surface area contributed by atoms with Gasteiger partial charge in [-0.2, -0.15) is 18.2 Å². The zero-order valence-corrected chi connectivity index (χ0v) is 17.3. The summed E-state index contributed by atoms with van der Waals surface area (Å²) in [7, 11) is 0. The monoisotopic (exact) mass is 440 g/mol. The van der Waals surface area contributed by atoms with Crippen LogP contribution < -0.4 is 10.5 Å². The molecule has 0 saturated carbocycles. The molecule has 0 unspecified atom stereocenters. The van der Waals surface area contributed by atoms with E-state index >= 15 is 0 Å². The number of rotatable bonds is 5. The second-order valence-corrected chi connectivity index (χ2v) is 7.04. The predicted octanol–water partition coefficient (Wildman–Crippen LogP) is 5.77. The summed E-state index contributed by atoms with van der Waals surface area (Å²) in [4.78, 5) is 8.48. The maximum absolute atomic E-state index is 13.5. The zero-order valence-electron chi connectivity index (χ0n) is 17.3. The number of nitrogens with zero attached hydrogens (tertiary/aromatic N) is 3. The molecule has 0 radical (unpaired) electrons. The van der Waals surface area contributed by atoms with Crippen molar-refractivity contribution in [2.45, 2.75) is 20.0 Å². The van der Waals surface area contributed by atoms with Gasteiger partial charge in [-0.05, 0) is 55.3 Å². The predicted molar refractivity (Wildman–Crippen MR) is 114 cm³/mol. The van der Waals surface area contributed by atoms with Crippen molar-refractivity contribution in [2.75, 3.05) is 12.3 Å². The van der Waals surface area contributed by atoms with E-state index in [-0.39, 0.29) is 23.8 Å². The maximum Gasteiger partial charge on any atom is 0.417 e. The lowest BCUT2D eigenvalue weighted by atomic mass is 9.97. The fourth-order valence-corrected chi connectivity index (χ4v) is 3.28. The molecule has 0 aliphatic heterocycles. The first-order valence-corrected chi connectivity index (χ1v) is 9.78. The minimum absolute atomic E-state index is 0.0321. The molecule has 0 atom stereocenters. The molecule has 4 rings (SSSR count). The van der Waals surface area contributed by atoms with Crippen molar-refractivity contribution in [1.29, 1.82) is 0 Å². The highest BCUT2D eigenvalue weighted by Crippen LogP contribution is 2.41. The zero-order chi connectivity index (χ0) is 22.9. The van der Waals surface area contributed by atoms with E-state index < -0.39 is 11.7 Å². The number of aryl methyl sites for hydroxylation is 1. The lowest BCUT2D eigenvalue weighted by Gasteiger charge is -2.16. The summed E-state index contributed by atoms with van der Waals surface area (Å²) < 4.78 is 51.6. The van der Waals surface area contributed by atoms with Crippen LogP contribution in [0.15, 0.2) is 59.3 Å². The second kappa shape index (κ2) is 8.33. The molecule has 0 fully saturated rings. The molecule has 6 nitrogen and oxygen atoms in total. The molecule has 0 spiro atoms. The van der Waals surface area contributed by atoms with Gasteiger partial charge in [0.15, 0.2) is 0 Å². The topological polar surface area (TPSA) is 87.1 Å². The number of hydrogen-bond acceptors (Lipinski definition) is 6. The molecular weight excluding hydrogens is 421 g/mol. The molecule has 4 aromatic rings. The highest BCUT2D eigenvalue weighted by molar-refractivity contribution is 5.77. The third kappa shape index (κ3) is 4.14. The van der Waals surface area contributed by atoms with Crippen molar-refractivity contribution in [3.8, 4) is 39.7 Å². The Morgan fingerprint density at radius 2 is 1.81 bits per heavy atom. The first-order chi connectivity index (χ1) is 15.3. The number of hydrogen-bond donors (Lipinski definition) is 1. The normalized spacial score (nSPS) is 11.5. The van der Waals surface area contributed by atoms with Crippen molar-refractivity contribution >= 4 is 5.82 Å². The van der Waals surface area contributed by atoms with Crippen molar-refractivity contribution in [2.24, 2.45) is 0 Å². The molecule has 164 valence electrons. The quantitative estimate of drug-likeness (QED) is 0.424. The van der Waals surface area contributed by atoms with Crippen LogP contribution in [0.1, 0.15) is 18.1 Å². The summed E-state index contributed by atoms with van der Waals surface area (Å²) in [6, 6.07) is 11.9. The fraction of sp³-hybridized carbons (Fsp3) is 0.174. The van der Waals surface area contributed by atoms with Crippen molar-refractivity contribution < 1.29 is 22.4 Å². The van der Waals surface area contributed by atoms with Crippen LogP contribution in [-0.2, 0) is 6.18 Å². The first kappa shape index (κ1) is 21.4. The molecule has 0 bridgehead atoms. The SMILES string of the molecule is CCOc1cc(-c2nc(-c3cnc(N)c(C)c3)no2)ccc1-c1ccccc1C(F)(F)F. The van der Waals surface area contributed by atoms with E-state index in [2.05, 4.69) is 15.1 Å². The summed E-state index contributed by atoms with van der Waals surface area (Å²) >= 11 is 0. The Labute approximate surface area is 181 Å². The number of alkyl halides is 3. The highest BCUT2D eigenvalue weighted by atomic mass is 19.4. The van der Waals surface area contributed by atoms with Crippen LogP contribution in [0, 0.1) is 6.92 Å². The van der Waals surface area contributed by atoms with Crippen LogP contribution in [0.2, 0.25) is 0 Å². The molecule has 0 aliphatic carbocycles. The van der Waals surface area contributed by atoms with Gasteiger partial charge in [0, 0.05) is 22.9 Å². The molecule has 0 aliphatic rings. The third-order valence-electron chi connectivity index (χ3n) is 4.85. The number of nitrogens with two attached hydrogens (primary N) is 1. The summed E-state index contributed by atoms with van der Waals surface area (Å²) in [6.45, 7) is 3.85. The first-order valence-electron chi connectivity index (χ1n) is 9.78. The van der Waals surface area contributed by atoms with Crippen LogP contribution in [0.25, 0.3) is 34.0 Å². The molecule has 2 heterocycles. The summed E-state index contributed by atoms with van der Waals surface area (Å²) in [5.74, 6) is 1.21. The Morgan fingerprint density at radius 1 is 1.03 bits per heavy atom. The minimum Gasteiger partial charge on any atom is -0.493 e. The molecular formula is C23H19F3N4O2. The van der Waals surface area contributed by atoms with Gasteiger partial charge in [-0.15, -0.1) is 0 Å². The van der Waals surface area contributed by atoms with Gasteiger partial charge in [-0.25, -0.2) is 4.98 Å². The Hall–Kier alpha value is -3.88. The number of benzene rings is 2. The van der Waals surface area contributed by atoms with Crippen molar-refractivity contribution in [1.82, 2.24) is 15.1 Å². The average Bonchev–Trinajstić information content (AvgIpc) is 3.26. The van der Waals surface area contributed by atoms with Gasteiger partial charge in [-0.1, -0.05) is 23.4 Å². The fourth-order valence-electron chi connectivity index (χ4n) is 3.28. The van der Waals surface area contributed by atoms with E-state index in [1.54, 1.807) is 43.5 Å². The van der Waals surface area contributed by atoms with Gasteiger partial charge in [-0.3, -0.25) is 0 Å². The number of halogens is 3. The number of pyridine rings is 1. The van der Waals surface area contributed by atoms with E-state index in [1.165, 1.54) is 12.1 Å². The van der Waals surface area contributed by atoms with Crippen LogP contribution in [0.5, 0.6) is 5.75 Å². The van der Waals surface area contributed by atoms with Crippen LogP contribution >= 0.6 is 0 Å². The number of anilines is 1. The summed E-state index contributed by atoms with van der Waals surface area (Å²) in [5, 5.41) is 3.98. The molecule has 2 N–H and O–H groups in total. The van der Waals surface area contributed by atoms with Gasteiger partial charge in [0.2, 0.25) is 5.82 Å².